The maximum atomic E-state index is 8.98. The van der Waals surface area contributed by atoms with Crippen molar-refractivity contribution in [1.29, 1.82) is 5.26 Å². The molecule has 0 saturated heterocycles. The van der Waals surface area contributed by atoms with Crippen molar-refractivity contribution in [1.82, 2.24) is 5.32 Å². The number of hydrogen-bond donors (Lipinski definition) is 1. The molecule has 2 aliphatic rings. The minimum Gasteiger partial charge on any atom is -0.311 e. The Morgan fingerprint density at radius 2 is 1.70 bits per heavy atom. The van der Waals surface area contributed by atoms with Crippen molar-refractivity contribution < 1.29 is 0 Å². The van der Waals surface area contributed by atoms with E-state index in [4.69, 9.17) is 5.26 Å². The monoisotopic (exact) mass is 268 g/mol. The van der Waals surface area contributed by atoms with Gasteiger partial charge in [-0.05, 0) is 55.9 Å². The fourth-order valence-electron chi connectivity index (χ4n) is 3.69. The molecule has 0 atom stereocenters. The number of hydrogen-bond acceptors (Lipinski definition) is 2. The third kappa shape index (κ3) is 3.04. The summed E-state index contributed by atoms with van der Waals surface area (Å²) in [4.78, 5) is 0. The van der Waals surface area contributed by atoms with Crippen molar-refractivity contribution >= 4 is 0 Å². The summed E-state index contributed by atoms with van der Waals surface area (Å²) < 4.78 is 0. The Bertz CT molecular complexity index is 462. The molecule has 0 aliphatic heterocycles. The molecule has 0 heterocycles. The van der Waals surface area contributed by atoms with Crippen molar-refractivity contribution in [2.75, 3.05) is 0 Å². The van der Waals surface area contributed by atoms with E-state index in [0.717, 1.165) is 12.5 Å². The van der Waals surface area contributed by atoms with Crippen LogP contribution >= 0.6 is 0 Å². The topological polar surface area (TPSA) is 35.8 Å². The summed E-state index contributed by atoms with van der Waals surface area (Å²) in [5.74, 6) is 0. The molecule has 1 aromatic carbocycles. The molecular weight excluding hydrogens is 244 g/mol. The summed E-state index contributed by atoms with van der Waals surface area (Å²) in [7, 11) is 0. The Morgan fingerprint density at radius 1 is 1.05 bits per heavy atom. The quantitative estimate of drug-likeness (QED) is 0.878. The number of nitrogens with one attached hydrogen (secondary N) is 1. The summed E-state index contributed by atoms with van der Waals surface area (Å²) in [6.07, 6.45) is 9.41. The lowest BCUT2D eigenvalue weighted by molar-refractivity contribution is 0.233. The second-order valence-corrected chi connectivity index (χ2v) is 6.52. The van der Waals surface area contributed by atoms with Gasteiger partial charge in [-0.3, -0.25) is 0 Å². The lowest BCUT2D eigenvalue weighted by Gasteiger charge is -2.41. The average Bonchev–Trinajstić information content (AvgIpc) is 3.32. The molecule has 0 radical (unpaired) electrons. The molecule has 20 heavy (non-hydrogen) atoms. The van der Waals surface area contributed by atoms with Gasteiger partial charge in [0.15, 0.2) is 0 Å². The number of benzene rings is 1. The van der Waals surface area contributed by atoms with Crippen LogP contribution in [0.4, 0.5) is 0 Å². The smallest absolute Gasteiger partial charge is 0.0622 e. The average molecular weight is 268 g/mol. The van der Waals surface area contributed by atoms with E-state index in [1.807, 2.05) is 0 Å². The van der Waals surface area contributed by atoms with Gasteiger partial charge in [-0.25, -0.2) is 0 Å². The first-order valence-corrected chi connectivity index (χ1v) is 8.01. The van der Waals surface area contributed by atoms with E-state index in [9.17, 15) is 0 Å². The summed E-state index contributed by atoms with van der Waals surface area (Å²) in [5, 5.41) is 12.7. The maximum absolute atomic E-state index is 8.98. The summed E-state index contributed by atoms with van der Waals surface area (Å²) in [5.41, 5.74) is 1.69. The van der Waals surface area contributed by atoms with Gasteiger partial charge in [-0.2, -0.15) is 5.26 Å². The van der Waals surface area contributed by atoms with Gasteiger partial charge in [0.05, 0.1) is 6.07 Å². The molecule has 2 aliphatic carbocycles. The summed E-state index contributed by atoms with van der Waals surface area (Å²) >= 11 is 0. The summed E-state index contributed by atoms with van der Waals surface area (Å²) in [6, 6.07) is 14.7. The van der Waals surface area contributed by atoms with Gasteiger partial charge in [0, 0.05) is 18.5 Å². The van der Waals surface area contributed by atoms with E-state index in [1.165, 1.54) is 44.1 Å². The number of nitrogens with zero attached hydrogens (tertiary/aromatic N) is 1. The van der Waals surface area contributed by atoms with Crippen molar-refractivity contribution in [3.63, 3.8) is 0 Å². The lowest BCUT2D eigenvalue weighted by atomic mass is 9.66. The van der Waals surface area contributed by atoms with Gasteiger partial charge < -0.3 is 5.32 Å². The minimum atomic E-state index is 0.249. The van der Waals surface area contributed by atoms with Crippen LogP contribution in [0.15, 0.2) is 30.3 Å². The second kappa shape index (κ2) is 5.97. The molecule has 3 rings (SSSR count). The molecular formula is C18H24N2. The Kier molecular flexibility index (Phi) is 4.08. The van der Waals surface area contributed by atoms with Gasteiger partial charge in [-0.15, -0.1) is 0 Å². The number of nitriles is 1. The van der Waals surface area contributed by atoms with E-state index in [-0.39, 0.29) is 5.41 Å². The molecule has 0 aromatic heterocycles. The predicted molar refractivity (Wildman–Crippen MR) is 81.4 cm³/mol. The molecule has 2 fully saturated rings. The first-order chi connectivity index (χ1) is 9.82. The van der Waals surface area contributed by atoms with Crippen molar-refractivity contribution in [3.05, 3.63) is 35.9 Å². The maximum Gasteiger partial charge on any atom is 0.0622 e. The van der Waals surface area contributed by atoms with Crippen LogP contribution in [0.3, 0.4) is 0 Å². The predicted octanol–water partition coefficient (Wildman–Crippen LogP) is 3.92. The standard InChI is InChI=1S/C18H24N2/c19-14-4-11-18(15-5-2-1-3-6-15)12-9-17(10-13-18)20-16-7-8-16/h1-3,5-6,16-17,20H,4,7-13H2. The zero-order chi connectivity index (χ0) is 13.8. The lowest BCUT2D eigenvalue weighted by Crippen LogP contribution is -2.40. The summed E-state index contributed by atoms with van der Waals surface area (Å²) in [6.45, 7) is 0. The molecule has 0 unspecified atom stereocenters. The zero-order valence-electron chi connectivity index (χ0n) is 12.1. The second-order valence-electron chi connectivity index (χ2n) is 6.52. The van der Waals surface area contributed by atoms with Crippen molar-refractivity contribution in [2.45, 2.75) is 68.9 Å². The Morgan fingerprint density at radius 3 is 2.30 bits per heavy atom. The highest BCUT2D eigenvalue weighted by molar-refractivity contribution is 5.26. The van der Waals surface area contributed by atoms with Crippen LogP contribution in [-0.2, 0) is 5.41 Å². The largest absolute Gasteiger partial charge is 0.311 e. The van der Waals surface area contributed by atoms with Crippen LogP contribution < -0.4 is 5.32 Å². The minimum absolute atomic E-state index is 0.249. The van der Waals surface area contributed by atoms with Crippen LogP contribution in [0, 0.1) is 11.3 Å². The van der Waals surface area contributed by atoms with Crippen LogP contribution in [0.1, 0.15) is 56.9 Å². The van der Waals surface area contributed by atoms with Crippen molar-refractivity contribution in [2.24, 2.45) is 0 Å². The molecule has 2 heteroatoms. The van der Waals surface area contributed by atoms with Crippen LogP contribution in [-0.4, -0.2) is 12.1 Å². The molecule has 0 bridgehead atoms. The highest BCUT2D eigenvalue weighted by atomic mass is 15.0. The third-order valence-electron chi connectivity index (χ3n) is 5.09. The fourth-order valence-corrected chi connectivity index (χ4v) is 3.69. The first-order valence-electron chi connectivity index (χ1n) is 8.01. The van der Waals surface area contributed by atoms with Gasteiger partial charge in [0.25, 0.3) is 0 Å². The van der Waals surface area contributed by atoms with E-state index in [2.05, 4.69) is 41.7 Å². The van der Waals surface area contributed by atoms with Gasteiger partial charge in [0.2, 0.25) is 0 Å². The Hall–Kier alpha value is -1.33. The van der Waals surface area contributed by atoms with E-state index in [1.54, 1.807) is 0 Å². The molecule has 1 N–H and O–H groups in total. The molecule has 0 spiro atoms. The highest BCUT2D eigenvalue weighted by Crippen LogP contribution is 2.43. The molecule has 106 valence electrons. The highest BCUT2D eigenvalue weighted by Gasteiger charge is 2.37. The first kappa shape index (κ1) is 13.6. The fraction of sp³-hybridized carbons (Fsp3) is 0.611. The van der Waals surface area contributed by atoms with Gasteiger partial charge in [0.1, 0.15) is 0 Å². The molecule has 0 amide bonds. The molecule has 2 nitrogen and oxygen atoms in total. The van der Waals surface area contributed by atoms with Gasteiger partial charge in [-0.1, -0.05) is 30.3 Å². The Balaban J connectivity index is 1.69. The van der Waals surface area contributed by atoms with Crippen LogP contribution in [0.25, 0.3) is 0 Å². The van der Waals surface area contributed by atoms with Crippen LogP contribution in [0.5, 0.6) is 0 Å². The number of rotatable bonds is 5. The van der Waals surface area contributed by atoms with Crippen molar-refractivity contribution in [3.8, 4) is 6.07 Å². The van der Waals surface area contributed by atoms with Gasteiger partial charge >= 0.3 is 0 Å². The molecule has 1 aromatic rings. The van der Waals surface area contributed by atoms with Crippen LogP contribution in [0.2, 0.25) is 0 Å². The zero-order valence-corrected chi connectivity index (χ0v) is 12.1. The normalized spacial score (nSPS) is 29.9. The van der Waals surface area contributed by atoms with E-state index in [0.29, 0.717) is 12.5 Å². The van der Waals surface area contributed by atoms with E-state index < -0.39 is 0 Å². The molecule has 2 saturated carbocycles. The third-order valence-corrected chi connectivity index (χ3v) is 5.09. The SMILES string of the molecule is N#CCCC1(c2ccccc2)CCC(NC2CC2)CC1. The Labute approximate surface area is 122 Å². The van der Waals surface area contributed by atoms with E-state index >= 15 is 0 Å².